The number of rotatable bonds is 6. The Labute approximate surface area is 167 Å². The van der Waals surface area contributed by atoms with Gasteiger partial charge in [-0.3, -0.25) is 0 Å². The predicted octanol–water partition coefficient (Wildman–Crippen LogP) is 3.81. The Morgan fingerprint density at radius 3 is 2.71 bits per heavy atom. The molecule has 2 aromatic rings. The second-order valence-corrected chi connectivity index (χ2v) is 7.74. The van der Waals surface area contributed by atoms with Gasteiger partial charge in [0, 0.05) is 38.4 Å². The van der Waals surface area contributed by atoms with Gasteiger partial charge in [-0.05, 0) is 56.7 Å². The number of piperazine rings is 1. The van der Waals surface area contributed by atoms with Crippen molar-refractivity contribution < 1.29 is 0 Å². The summed E-state index contributed by atoms with van der Waals surface area (Å²) in [5.41, 5.74) is 4.18. The third kappa shape index (κ3) is 4.80. The third-order valence-electron chi connectivity index (χ3n) is 5.61. The summed E-state index contributed by atoms with van der Waals surface area (Å²) in [6.07, 6.45) is 10.4. The summed E-state index contributed by atoms with van der Waals surface area (Å²) in [5.74, 6) is 1.55. The van der Waals surface area contributed by atoms with E-state index in [-0.39, 0.29) is 0 Å². The first-order valence-corrected chi connectivity index (χ1v) is 10.5. The van der Waals surface area contributed by atoms with E-state index in [9.17, 15) is 0 Å². The van der Waals surface area contributed by atoms with Crippen LogP contribution in [0.25, 0.3) is 0 Å². The zero-order valence-corrected chi connectivity index (χ0v) is 16.8. The summed E-state index contributed by atoms with van der Waals surface area (Å²) in [6.45, 7) is 6.81. The second-order valence-electron chi connectivity index (χ2n) is 7.74. The van der Waals surface area contributed by atoms with Crippen LogP contribution in [0.4, 0.5) is 17.5 Å². The van der Waals surface area contributed by atoms with Crippen LogP contribution in [0.15, 0.2) is 42.1 Å². The highest BCUT2D eigenvalue weighted by Gasteiger charge is 2.20. The predicted molar refractivity (Wildman–Crippen MR) is 115 cm³/mol. The maximum absolute atomic E-state index is 4.69. The maximum Gasteiger partial charge on any atom is 0.247 e. The lowest BCUT2D eigenvalue weighted by molar-refractivity contribution is 0.635. The zero-order valence-electron chi connectivity index (χ0n) is 16.8. The van der Waals surface area contributed by atoms with Crippen molar-refractivity contribution in [2.75, 3.05) is 47.8 Å². The summed E-state index contributed by atoms with van der Waals surface area (Å²) in [5, 5.41) is 11.9. The molecule has 1 aromatic heterocycles. The fourth-order valence-electron chi connectivity index (χ4n) is 3.99. The van der Waals surface area contributed by atoms with Gasteiger partial charge in [0.05, 0.1) is 6.20 Å². The Balaban J connectivity index is 1.30. The van der Waals surface area contributed by atoms with E-state index in [0.717, 1.165) is 50.9 Å². The van der Waals surface area contributed by atoms with Crippen molar-refractivity contribution in [3.05, 3.63) is 47.7 Å². The fraction of sp³-hybridized carbons (Fsp3) is 0.500. The quantitative estimate of drug-likeness (QED) is 0.772. The third-order valence-corrected chi connectivity index (χ3v) is 5.61. The Hall–Kier alpha value is -2.63. The average Bonchev–Trinajstić information content (AvgIpc) is 2.75. The average molecular weight is 379 g/mol. The summed E-state index contributed by atoms with van der Waals surface area (Å²) >= 11 is 0. The number of anilines is 3. The minimum Gasteiger partial charge on any atom is -0.368 e. The smallest absolute Gasteiger partial charge is 0.247 e. The summed E-state index contributed by atoms with van der Waals surface area (Å²) in [6, 6.07) is 8.71. The van der Waals surface area contributed by atoms with Gasteiger partial charge in [-0.1, -0.05) is 23.8 Å². The molecule has 0 unspecified atom stereocenters. The molecule has 1 saturated heterocycles. The summed E-state index contributed by atoms with van der Waals surface area (Å²) < 4.78 is 0. The molecule has 0 atom stereocenters. The minimum atomic E-state index is 0.728. The van der Waals surface area contributed by atoms with Gasteiger partial charge in [-0.25, -0.2) is 0 Å². The molecule has 1 N–H and O–H groups in total. The lowest BCUT2D eigenvalue weighted by Crippen LogP contribution is -2.47. The van der Waals surface area contributed by atoms with E-state index in [4.69, 9.17) is 4.98 Å². The lowest BCUT2D eigenvalue weighted by Gasteiger charge is -2.36. The second kappa shape index (κ2) is 9.04. The van der Waals surface area contributed by atoms with Crippen LogP contribution in [0, 0.1) is 6.92 Å². The fourth-order valence-corrected chi connectivity index (χ4v) is 3.99. The molecule has 1 aliphatic carbocycles. The molecule has 0 radical (unpaired) electrons. The van der Waals surface area contributed by atoms with Crippen molar-refractivity contribution in [2.45, 2.75) is 39.0 Å². The zero-order chi connectivity index (χ0) is 19.2. The number of hydrogen-bond acceptors (Lipinski definition) is 6. The first kappa shape index (κ1) is 18.7. The van der Waals surface area contributed by atoms with Gasteiger partial charge in [0.25, 0.3) is 0 Å². The van der Waals surface area contributed by atoms with E-state index < -0.39 is 0 Å². The number of allylic oxidation sites excluding steroid dienone is 1. The largest absolute Gasteiger partial charge is 0.368 e. The van der Waals surface area contributed by atoms with Crippen LogP contribution in [0.3, 0.4) is 0 Å². The molecule has 2 heterocycles. The van der Waals surface area contributed by atoms with Crippen LogP contribution < -0.4 is 15.1 Å². The van der Waals surface area contributed by atoms with E-state index in [0.29, 0.717) is 0 Å². The molecule has 0 saturated carbocycles. The molecule has 0 amide bonds. The highest BCUT2D eigenvalue weighted by Crippen LogP contribution is 2.21. The Kier molecular flexibility index (Phi) is 6.04. The molecule has 0 bridgehead atoms. The molecule has 6 nitrogen and oxygen atoms in total. The molecule has 4 rings (SSSR count). The lowest BCUT2D eigenvalue weighted by atomic mass is 9.97. The molecule has 148 valence electrons. The molecular formula is C22H30N6. The van der Waals surface area contributed by atoms with Gasteiger partial charge < -0.3 is 15.1 Å². The first-order valence-electron chi connectivity index (χ1n) is 10.5. The molecule has 28 heavy (non-hydrogen) atoms. The molecule has 1 fully saturated rings. The molecular weight excluding hydrogens is 348 g/mol. The summed E-state index contributed by atoms with van der Waals surface area (Å²) in [4.78, 5) is 9.35. The maximum atomic E-state index is 4.69. The van der Waals surface area contributed by atoms with E-state index in [1.165, 1.54) is 36.9 Å². The standard InChI is InChI=1S/C22H30N6/c1-18-6-5-9-20(16-18)27-12-14-28(15-13-27)22-25-21(17-24-26-22)23-11-10-19-7-3-2-4-8-19/h5-7,9,16-17H,2-4,8,10-15H2,1H3,(H,23,25,26). The van der Waals surface area contributed by atoms with Gasteiger partial charge in [0.2, 0.25) is 5.95 Å². The van der Waals surface area contributed by atoms with Gasteiger partial charge in [0.1, 0.15) is 0 Å². The van der Waals surface area contributed by atoms with Gasteiger partial charge in [0.15, 0.2) is 5.82 Å². The number of hydrogen-bond donors (Lipinski definition) is 1. The van der Waals surface area contributed by atoms with Crippen molar-refractivity contribution in [2.24, 2.45) is 0 Å². The van der Waals surface area contributed by atoms with E-state index in [1.807, 2.05) is 0 Å². The minimum absolute atomic E-state index is 0.728. The Morgan fingerprint density at radius 1 is 1.07 bits per heavy atom. The number of aryl methyl sites for hydroxylation is 1. The SMILES string of the molecule is Cc1cccc(N2CCN(c3nncc(NCCC4=CCCCC4)n3)CC2)c1. The monoisotopic (exact) mass is 378 g/mol. The molecule has 6 heteroatoms. The van der Waals surface area contributed by atoms with Crippen LogP contribution in [0.2, 0.25) is 0 Å². The van der Waals surface area contributed by atoms with Crippen LogP contribution in [-0.2, 0) is 0 Å². The van der Waals surface area contributed by atoms with Crippen molar-refractivity contribution >= 4 is 17.5 Å². The molecule has 1 aromatic carbocycles. The van der Waals surface area contributed by atoms with Crippen molar-refractivity contribution in [1.82, 2.24) is 15.2 Å². The number of nitrogens with zero attached hydrogens (tertiary/aromatic N) is 5. The van der Waals surface area contributed by atoms with Gasteiger partial charge in [-0.15, -0.1) is 5.10 Å². The number of benzene rings is 1. The Bertz CT molecular complexity index is 810. The normalized spacial score (nSPS) is 17.4. The first-order chi connectivity index (χ1) is 13.8. The van der Waals surface area contributed by atoms with E-state index in [1.54, 1.807) is 11.8 Å². The van der Waals surface area contributed by atoms with E-state index >= 15 is 0 Å². The molecule has 2 aliphatic rings. The van der Waals surface area contributed by atoms with Gasteiger partial charge in [-0.2, -0.15) is 10.1 Å². The molecule has 1 aliphatic heterocycles. The summed E-state index contributed by atoms with van der Waals surface area (Å²) in [7, 11) is 0. The van der Waals surface area contributed by atoms with Crippen LogP contribution >= 0.6 is 0 Å². The van der Waals surface area contributed by atoms with Crippen molar-refractivity contribution in [1.29, 1.82) is 0 Å². The molecule has 0 spiro atoms. The van der Waals surface area contributed by atoms with Gasteiger partial charge >= 0.3 is 0 Å². The number of nitrogens with one attached hydrogen (secondary N) is 1. The number of aromatic nitrogens is 3. The van der Waals surface area contributed by atoms with Crippen LogP contribution in [0.5, 0.6) is 0 Å². The van der Waals surface area contributed by atoms with Crippen molar-refractivity contribution in [3.63, 3.8) is 0 Å². The van der Waals surface area contributed by atoms with Crippen molar-refractivity contribution in [3.8, 4) is 0 Å². The Morgan fingerprint density at radius 2 is 1.93 bits per heavy atom. The highest BCUT2D eigenvalue weighted by molar-refractivity contribution is 5.50. The van der Waals surface area contributed by atoms with Crippen LogP contribution in [0.1, 0.15) is 37.7 Å². The highest BCUT2D eigenvalue weighted by atomic mass is 15.4. The topological polar surface area (TPSA) is 57.2 Å². The van der Waals surface area contributed by atoms with E-state index in [2.05, 4.69) is 62.6 Å². The van der Waals surface area contributed by atoms with Crippen LogP contribution in [-0.4, -0.2) is 47.9 Å².